The van der Waals surface area contributed by atoms with Gasteiger partial charge in [-0.25, -0.2) is 4.98 Å². The van der Waals surface area contributed by atoms with Crippen LogP contribution in [-0.4, -0.2) is 4.98 Å². The summed E-state index contributed by atoms with van der Waals surface area (Å²) in [7, 11) is 0. The fourth-order valence-corrected chi connectivity index (χ4v) is 1.96. The zero-order valence-electron chi connectivity index (χ0n) is 8.67. The Labute approximate surface area is 104 Å². The molecule has 2 aromatic rings. The number of halogens is 2. The molecular weight excluding hydrogens is 243 g/mol. The molecule has 0 amide bonds. The van der Waals surface area contributed by atoms with Crippen molar-refractivity contribution in [1.82, 2.24) is 4.98 Å². The number of rotatable bonds is 1. The molecule has 4 heteroatoms. The molecule has 0 aliphatic carbocycles. The molecule has 0 bridgehead atoms. The van der Waals surface area contributed by atoms with Gasteiger partial charge in [0.15, 0.2) is 0 Å². The lowest BCUT2D eigenvalue weighted by Crippen LogP contribution is -1.94. The smallest absolute Gasteiger partial charge is 0.123 e. The van der Waals surface area contributed by atoms with Gasteiger partial charge in [0.1, 0.15) is 5.82 Å². The van der Waals surface area contributed by atoms with E-state index in [4.69, 9.17) is 28.9 Å². The summed E-state index contributed by atoms with van der Waals surface area (Å²) < 4.78 is 0. The minimum absolute atomic E-state index is 0.499. The molecule has 0 atom stereocenters. The van der Waals surface area contributed by atoms with Crippen LogP contribution in [0.2, 0.25) is 10.0 Å². The van der Waals surface area contributed by atoms with Crippen LogP contribution < -0.4 is 5.73 Å². The average Bonchev–Trinajstić information content (AvgIpc) is 2.22. The number of hydrogen-bond donors (Lipinski definition) is 1. The second kappa shape index (κ2) is 4.32. The van der Waals surface area contributed by atoms with E-state index in [1.54, 1.807) is 18.2 Å². The molecule has 0 saturated carbocycles. The molecule has 0 spiro atoms. The van der Waals surface area contributed by atoms with Gasteiger partial charge >= 0.3 is 0 Å². The summed E-state index contributed by atoms with van der Waals surface area (Å²) in [5, 5.41) is 1.30. The zero-order chi connectivity index (χ0) is 11.7. The van der Waals surface area contributed by atoms with E-state index in [-0.39, 0.29) is 0 Å². The van der Waals surface area contributed by atoms with E-state index in [9.17, 15) is 0 Å². The van der Waals surface area contributed by atoms with Crippen LogP contribution >= 0.6 is 23.2 Å². The van der Waals surface area contributed by atoms with Crippen LogP contribution in [0.25, 0.3) is 11.1 Å². The van der Waals surface area contributed by atoms with Gasteiger partial charge in [-0.1, -0.05) is 23.2 Å². The number of benzene rings is 1. The van der Waals surface area contributed by atoms with Gasteiger partial charge in [-0.05, 0) is 37.3 Å². The molecule has 16 heavy (non-hydrogen) atoms. The number of hydrogen-bond acceptors (Lipinski definition) is 2. The number of nitrogens with two attached hydrogens (primary N) is 1. The third-order valence-corrected chi connectivity index (χ3v) is 2.89. The van der Waals surface area contributed by atoms with Gasteiger partial charge in [0, 0.05) is 26.9 Å². The van der Waals surface area contributed by atoms with Gasteiger partial charge in [-0.3, -0.25) is 0 Å². The Hall–Kier alpha value is -1.25. The van der Waals surface area contributed by atoms with E-state index in [2.05, 4.69) is 4.98 Å². The maximum absolute atomic E-state index is 6.12. The molecule has 1 aromatic carbocycles. The van der Waals surface area contributed by atoms with Crippen LogP contribution in [0.1, 0.15) is 5.69 Å². The minimum atomic E-state index is 0.499. The lowest BCUT2D eigenvalue weighted by atomic mass is 10.0. The van der Waals surface area contributed by atoms with Gasteiger partial charge < -0.3 is 5.73 Å². The maximum Gasteiger partial charge on any atom is 0.123 e. The molecule has 0 aliphatic heterocycles. The number of nitrogens with zero attached hydrogens (tertiary/aromatic N) is 1. The van der Waals surface area contributed by atoms with Gasteiger partial charge in [0.2, 0.25) is 0 Å². The molecular formula is C12H10Cl2N2. The summed E-state index contributed by atoms with van der Waals surface area (Å²) in [6, 6.07) is 9.00. The van der Waals surface area contributed by atoms with Crippen molar-refractivity contribution in [2.24, 2.45) is 0 Å². The number of aromatic nitrogens is 1. The third-order valence-electron chi connectivity index (χ3n) is 2.33. The molecule has 2 N–H and O–H groups in total. The molecule has 0 radical (unpaired) electrons. The number of nitrogen functional groups attached to an aromatic ring is 1. The first-order valence-corrected chi connectivity index (χ1v) is 5.52. The van der Waals surface area contributed by atoms with Crippen molar-refractivity contribution < 1.29 is 0 Å². The Morgan fingerprint density at radius 1 is 1.06 bits per heavy atom. The number of anilines is 1. The van der Waals surface area contributed by atoms with Crippen LogP contribution in [0, 0.1) is 6.92 Å². The molecule has 2 rings (SSSR count). The average molecular weight is 253 g/mol. The van der Waals surface area contributed by atoms with Gasteiger partial charge in [-0.2, -0.15) is 0 Å². The van der Waals surface area contributed by atoms with Crippen molar-refractivity contribution in [1.29, 1.82) is 0 Å². The monoisotopic (exact) mass is 252 g/mol. The number of aryl methyl sites for hydroxylation is 1. The first-order valence-electron chi connectivity index (χ1n) is 4.76. The first-order chi connectivity index (χ1) is 7.58. The van der Waals surface area contributed by atoms with Crippen molar-refractivity contribution in [3.63, 3.8) is 0 Å². The van der Waals surface area contributed by atoms with Crippen molar-refractivity contribution in [2.75, 3.05) is 5.73 Å². The Morgan fingerprint density at radius 3 is 2.50 bits per heavy atom. The van der Waals surface area contributed by atoms with E-state index in [1.165, 1.54) is 0 Å². The molecule has 2 nitrogen and oxygen atoms in total. The third kappa shape index (κ3) is 2.13. The van der Waals surface area contributed by atoms with Crippen LogP contribution in [0.5, 0.6) is 0 Å². The molecule has 82 valence electrons. The summed E-state index contributed by atoms with van der Waals surface area (Å²) >= 11 is 12.1. The second-order valence-electron chi connectivity index (χ2n) is 3.49. The fraction of sp³-hybridized carbons (Fsp3) is 0.0833. The van der Waals surface area contributed by atoms with E-state index in [1.807, 2.05) is 19.1 Å². The van der Waals surface area contributed by atoms with Gasteiger partial charge in [0.05, 0.1) is 0 Å². The Morgan fingerprint density at radius 2 is 1.81 bits per heavy atom. The molecule has 1 aromatic heterocycles. The predicted molar refractivity (Wildman–Crippen MR) is 68.8 cm³/mol. The van der Waals surface area contributed by atoms with Crippen molar-refractivity contribution in [3.05, 3.63) is 46.1 Å². The largest absolute Gasteiger partial charge is 0.384 e. The molecule has 0 unspecified atom stereocenters. The summed E-state index contributed by atoms with van der Waals surface area (Å²) in [5.74, 6) is 0.499. The standard InChI is InChI=1S/C12H10Cl2N2/c1-7-9(3-5-12(15)16-7)10-6-8(13)2-4-11(10)14/h2-6H,1H3,(H2,15,16). The van der Waals surface area contributed by atoms with Crippen LogP contribution in [-0.2, 0) is 0 Å². The van der Waals surface area contributed by atoms with E-state index in [0.717, 1.165) is 16.8 Å². The van der Waals surface area contributed by atoms with Gasteiger partial charge in [-0.15, -0.1) is 0 Å². The maximum atomic E-state index is 6.12. The summed E-state index contributed by atoms with van der Waals surface area (Å²) in [5.41, 5.74) is 8.26. The minimum Gasteiger partial charge on any atom is -0.384 e. The topological polar surface area (TPSA) is 38.9 Å². The van der Waals surface area contributed by atoms with Gasteiger partial charge in [0.25, 0.3) is 0 Å². The van der Waals surface area contributed by atoms with Crippen LogP contribution in [0.4, 0.5) is 5.82 Å². The predicted octanol–water partition coefficient (Wildman–Crippen LogP) is 3.95. The SMILES string of the molecule is Cc1nc(N)ccc1-c1cc(Cl)ccc1Cl. The van der Waals surface area contributed by atoms with Crippen LogP contribution in [0.15, 0.2) is 30.3 Å². The van der Waals surface area contributed by atoms with Crippen LogP contribution in [0.3, 0.4) is 0 Å². The highest BCUT2D eigenvalue weighted by molar-refractivity contribution is 6.35. The van der Waals surface area contributed by atoms with Crippen molar-refractivity contribution in [3.8, 4) is 11.1 Å². The highest BCUT2D eigenvalue weighted by atomic mass is 35.5. The normalized spacial score (nSPS) is 10.4. The second-order valence-corrected chi connectivity index (χ2v) is 4.34. The lowest BCUT2D eigenvalue weighted by Gasteiger charge is -2.08. The first kappa shape index (κ1) is 11.2. The zero-order valence-corrected chi connectivity index (χ0v) is 10.2. The summed E-state index contributed by atoms with van der Waals surface area (Å²) in [6.07, 6.45) is 0. The Bertz CT molecular complexity index is 539. The Kier molecular flexibility index (Phi) is 3.03. The Balaban J connectivity index is 2.62. The quantitative estimate of drug-likeness (QED) is 0.835. The summed E-state index contributed by atoms with van der Waals surface area (Å²) in [6.45, 7) is 1.89. The lowest BCUT2D eigenvalue weighted by molar-refractivity contribution is 1.21. The fourth-order valence-electron chi connectivity index (χ4n) is 1.57. The van der Waals surface area contributed by atoms with Crippen molar-refractivity contribution >= 4 is 29.0 Å². The van der Waals surface area contributed by atoms with E-state index in [0.29, 0.717) is 15.9 Å². The highest BCUT2D eigenvalue weighted by Gasteiger charge is 2.08. The van der Waals surface area contributed by atoms with E-state index < -0.39 is 0 Å². The van der Waals surface area contributed by atoms with Crippen molar-refractivity contribution in [2.45, 2.75) is 6.92 Å². The molecule has 0 fully saturated rings. The molecule has 0 aliphatic rings. The van der Waals surface area contributed by atoms with E-state index >= 15 is 0 Å². The molecule has 1 heterocycles. The highest BCUT2D eigenvalue weighted by Crippen LogP contribution is 2.32. The molecule has 0 saturated heterocycles. The number of pyridine rings is 1. The summed E-state index contributed by atoms with van der Waals surface area (Å²) in [4.78, 5) is 4.20.